The quantitative estimate of drug-likeness (QED) is 0.461. The Morgan fingerprint density at radius 2 is 1.91 bits per heavy atom. The van der Waals surface area contributed by atoms with Crippen molar-refractivity contribution in [3.05, 3.63) is 41.7 Å². The largest absolute Gasteiger partial charge is 0.462 e. The molecule has 2 aromatic rings. The molecule has 0 bridgehead atoms. The number of ether oxygens (including phenoxy) is 2. The van der Waals surface area contributed by atoms with Gasteiger partial charge in [-0.25, -0.2) is 4.79 Å². The highest BCUT2D eigenvalue weighted by Crippen LogP contribution is 2.18. The highest BCUT2D eigenvalue weighted by molar-refractivity contribution is 6.01. The van der Waals surface area contributed by atoms with Crippen LogP contribution in [0.15, 0.2) is 34.9 Å². The molecule has 2 heterocycles. The smallest absolute Gasteiger partial charge is 0.338 e. The summed E-state index contributed by atoms with van der Waals surface area (Å²) < 4.78 is 15.4. The van der Waals surface area contributed by atoms with E-state index in [1.165, 1.54) is 17.0 Å². The van der Waals surface area contributed by atoms with Crippen LogP contribution in [0.3, 0.4) is 0 Å². The number of nitrogens with zero attached hydrogens (tertiary/aromatic N) is 2. The Morgan fingerprint density at radius 3 is 2.54 bits per heavy atom. The first-order chi connectivity index (χ1) is 16.9. The Morgan fingerprint density at radius 1 is 1.14 bits per heavy atom. The van der Waals surface area contributed by atoms with E-state index in [1.807, 2.05) is 0 Å². The Balaban J connectivity index is 1.64. The summed E-state index contributed by atoms with van der Waals surface area (Å²) in [5, 5.41) is 9.05. The number of esters is 1. The van der Waals surface area contributed by atoms with E-state index in [4.69, 9.17) is 14.0 Å². The maximum atomic E-state index is 13.0. The van der Waals surface area contributed by atoms with Crippen LogP contribution in [-0.2, 0) is 23.9 Å². The average molecular weight is 487 g/mol. The van der Waals surface area contributed by atoms with Gasteiger partial charge in [0.2, 0.25) is 17.7 Å². The number of carbonyl (C=O) groups is 4. The summed E-state index contributed by atoms with van der Waals surface area (Å²) in [6.45, 7) is 4.44. The zero-order valence-corrected chi connectivity index (χ0v) is 19.9. The predicted molar refractivity (Wildman–Crippen MR) is 126 cm³/mol. The van der Waals surface area contributed by atoms with Gasteiger partial charge in [0, 0.05) is 37.7 Å². The van der Waals surface area contributed by atoms with Gasteiger partial charge in [-0.3, -0.25) is 14.4 Å². The molecular weight excluding hydrogens is 456 g/mol. The van der Waals surface area contributed by atoms with Gasteiger partial charge in [0.1, 0.15) is 12.3 Å². The molecule has 1 aromatic carbocycles. The zero-order chi connectivity index (χ0) is 25.2. The molecule has 3 amide bonds. The second-order valence-electron chi connectivity index (χ2n) is 8.06. The van der Waals surface area contributed by atoms with Gasteiger partial charge in [-0.1, -0.05) is 5.16 Å². The summed E-state index contributed by atoms with van der Waals surface area (Å²) in [5.74, 6) is -0.862. The molecule has 1 aliphatic rings. The van der Waals surface area contributed by atoms with Gasteiger partial charge >= 0.3 is 5.97 Å². The number of amides is 3. The second kappa shape index (κ2) is 12.7. The van der Waals surface area contributed by atoms with E-state index in [0.29, 0.717) is 30.2 Å². The second-order valence-corrected chi connectivity index (χ2v) is 8.06. The number of hydrogen-bond donors (Lipinski definition) is 2. The first-order valence-electron chi connectivity index (χ1n) is 11.5. The zero-order valence-electron chi connectivity index (χ0n) is 19.9. The molecule has 188 valence electrons. The molecule has 0 unspecified atom stereocenters. The molecule has 1 saturated heterocycles. The van der Waals surface area contributed by atoms with Crippen LogP contribution in [-0.4, -0.2) is 61.3 Å². The summed E-state index contributed by atoms with van der Waals surface area (Å²) in [6.07, 6.45) is 1.55. The minimum Gasteiger partial charge on any atom is -0.462 e. The monoisotopic (exact) mass is 486 g/mol. The van der Waals surface area contributed by atoms with Crippen molar-refractivity contribution >= 4 is 35.2 Å². The fourth-order valence-electron chi connectivity index (χ4n) is 3.53. The number of hydrogen-bond acceptors (Lipinski definition) is 8. The lowest BCUT2D eigenvalue weighted by Gasteiger charge is -2.23. The van der Waals surface area contributed by atoms with E-state index >= 15 is 0 Å². The maximum Gasteiger partial charge on any atom is 0.338 e. The number of nitrogens with one attached hydrogen (secondary N) is 2. The molecular formula is C24H30N4O7. The van der Waals surface area contributed by atoms with Crippen LogP contribution in [0.4, 0.5) is 11.5 Å². The van der Waals surface area contributed by atoms with Crippen LogP contribution < -0.4 is 15.5 Å². The van der Waals surface area contributed by atoms with E-state index in [1.54, 1.807) is 32.0 Å². The number of benzene rings is 1. The van der Waals surface area contributed by atoms with Crippen molar-refractivity contribution in [2.75, 3.05) is 36.5 Å². The maximum absolute atomic E-state index is 13.0. The van der Waals surface area contributed by atoms with Gasteiger partial charge in [0.25, 0.3) is 0 Å². The Kier molecular flexibility index (Phi) is 9.36. The third-order valence-electron chi connectivity index (χ3n) is 5.31. The molecule has 1 aromatic heterocycles. The summed E-state index contributed by atoms with van der Waals surface area (Å²) in [4.78, 5) is 51.1. The third kappa shape index (κ3) is 7.92. The Bertz CT molecular complexity index is 1030. The normalized spacial score (nSPS) is 14.9. The van der Waals surface area contributed by atoms with Crippen LogP contribution >= 0.6 is 0 Å². The molecule has 0 spiro atoms. The lowest BCUT2D eigenvalue weighted by molar-refractivity contribution is -0.125. The SMILES string of the molecule is CCOC(=O)c1ccc(N(CC(=O)NC[C@H]2CCCO2)C(=O)CCC(=O)Nc2cc(C)on2)cc1. The molecule has 0 radical (unpaired) electrons. The number of carbonyl (C=O) groups excluding carboxylic acids is 4. The van der Waals surface area contributed by atoms with Gasteiger partial charge < -0.3 is 29.5 Å². The molecule has 3 rings (SSSR count). The number of rotatable bonds is 11. The summed E-state index contributed by atoms with van der Waals surface area (Å²) >= 11 is 0. The summed E-state index contributed by atoms with van der Waals surface area (Å²) in [5.41, 5.74) is 0.746. The van der Waals surface area contributed by atoms with Crippen molar-refractivity contribution in [2.24, 2.45) is 0 Å². The highest BCUT2D eigenvalue weighted by Gasteiger charge is 2.22. The van der Waals surface area contributed by atoms with Crippen molar-refractivity contribution in [1.29, 1.82) is 0 Å². The van der Waals surface area contributed by atoms with E-state index in [9.17, 15) is 19.2 Å². The molecule has 0 aliphatic carbocycles. The third-order valence-corrected chi connectivity index (χ3v) is 5.31. The first-order valence-corrected chi connectivity index (χ1v) is 11.5. The van der Waals surface area contributed by atoms with Gasteiger partial charge in [-0.05, 0) is 51.0 Å². The van der Waals surface area contributed by atoms with Crippen molar-refractivity contribution in [3.63, 3.8) is 0 Å². The van der Waals surface area contributed by atoms with Crippen molar-refractivity contribution in [3.8, 4) is 0 Å². The predicted octanol–water partition coefficient (Wildman–Crippen LogP) is 2.21. The number of aryl methyl sites for hydroxylation is 1. The number of aromatic nitrogens is 1. The first kappa shape index (κ1) is 25.9. The average Bonchev–Trinajstić information content (AvgIpc) is 3.51. The number of anilines is 2. The van der Waals surface area contributed by atoms with Crippen LogP contribution in [0.2, 0.25) is 0 Å². The van der Waals surface area contributed by atoms with Crippen molar-refractivity contribution < 1.29 is 33.2 Å². The lowest BCUT2D eigenvalue weighted by Crippen LogP contribution is -2.43. The van der Waals surface area contributed by atoms with E-state index in [0.717, 1.165) is 12.8 Å². The molecule has 0 saturated carbocycles. The minimum absolute atomic E-state index is 0.0316. The molecule has 1 fully saturated rings. The van der Waals surface area contributed by atoms with Crippen molar-refractivity contribution in [1.82, 2.24) is 10.5 Å². The minimum atomic E-state index is -0.481. The Hall–Kier alpha value is -3.73. The molecule has 11 heteroatoms. The Labute approximate surface area is 203 Å². The van der Waals surface area contributed by atoms with Gasteiger partial charge in [0.15, 0.2) is 5.82 Å². The molecule has 35 heavy (non-hydrogen) atoms. The summed E-state index contributed by atoms with van der Waals surface area (Å²) in [6, 6.07) is 7.75. The van der Waals surface area contributed by atoms with Gasteiger partial charge in [-0.15, -0.1) is 0 Å². The fraction of sp³-hybridized carbons (Fsp3) is 0.458. The van der Waals surface area contributed by atoms with Crippen molar-refractivity contribution in [2.45, 2.75) is 45.6 Å². The van der Waals surface area contributed by atoms with Crippen LogP contribution in [0, 0.1) is 6.92 Å². The summed E-state index contributed by atoms with van der Waals surface area (Å²) in [7, 11) is 0. The molecule has 2 N–H and O–H groups in total. The van der Waals surface area contributed by atoms with E-state index < -0.39 is 17.8 Å². The molecule has 1 aliphatic heterocycles. The topological polar surface area (TPSA) is 140 Å². The lowest BCUT2D eigenvalue weighted by atomic mass is 10.1. The molecule has 11 nitrogen and oxygen atoms in total. The standard InChI is InChI=1S/C24H30N4O7/c1-3-33-24(32)17-6-8-18(9-7-17)28(15-22(30)25-14-19-5-4-12-34-19)23(31)11-10-21(29)26-20-13-16(2)35-27-20/h6-9,13,19H,3-5,10-12,14-15H2,1-2H3,(H,25,30)(H,26,27,29)/t19-/m1/s1. The van der Waals surface area contributed by atoms with Gasteiger partial charge in [-0.2, -0.15) is 0 Å². The molecule has 1 atom stereocenters. The van der Waals surface area contributed by atoms with Crippen LogP contribution in [0.5, 0.6) is 0 Å². The fourth-order valence-corrected chi connectivity index (χ4v) is 3.53. The van der Waals surface area contributed by atoms with Gasteiger partial charge in [0.05, 0.1) is 18.3 Å². The van der Waals surface area contributed by atoms with Crippen LogP contribution in [0.1, 0.15) is 48.7 Å². The van der Waals surface area contributed by atoms with E-state index in [2.05, 4.69) is 15.8 Å². The van der Waals surface area contributed by atoms with Crippen LogP contribution in [0.25, 0.3) is 0 Å². The highest BCUT2D eigenvalue weighted by atomic mass is 16.5. The van der Waals surface area contributed by atoms with E-state index in [-0.39, 0.29) is 43.8 Å².